The maximum absolute atomic E-state index is 11.9. The number of rotatable bonds is 2. The molecule has 1 aromatic carbocycles. The van der Waals surface area contributed by atoms with Crippen molar-refractivity contribution in [1.82, 2.24) is 5.43 Å². The van der Waals surface area contributed by atoms with Crippen molar-refractivity contribution in [2.75, 3.05) is 0 Å². The van der Waals surface area contributed by atoms with E-state index in [0.29, 0.717) is 4.47 Å². The van der Waals surface area contributed by atoms with Gasteiger partial charge in [0.25, 0.3) is 5.91 Å². The van der Waals surface area contributed by atoms with Gasteiger partial charge < -0.3 is 4.74 Å². The van der Waals surface area contributed by atoms with Gasteiger partial charge in [0.05, 0.1) is 5.56 Å². The average molecular weight is 315 g/mol. The highest BCUT2D eigenvalue weighted by Crippen LogP contribution is 2.19. The predicted molar refractivity (Wildman–Crippen MR) is 71.0 cm³/mol. The van der Waals surface area contributed by atoms with Crippen LogP contribution in [0.2, 0.25) is 0 Å². The first kappa shape index (κ1) is 14.7. The van der Waals surface area contributed by atoms with Crippen LogP contribution in [0.4, 0.5) is 0 Å². The van der Waals surface area contributed by atoms with Gasteiger partial charge in [-0.2, -0.15) is 0 Å². The summed E-state index contributed by atoms with van der Waals surface area (Å²) in [5, 5.41) is 0. The van der Waals surface area contributed by atoms with Crippen LogP contribution < -0.4 is 11.3 Å². The second kappa shape index (κ2) is 5.49. The number of nitrogens with one attached hydrogen (secondary N) is 1. The minimum atomic E-state index is -0.588. The van der Waals surface area contributed by atoms with Gasteiger partial charge in [-0.1, -0.05) is 15.9 Å². The maximum Gasteiger partial charge on any atom is 0.338 e. The zero-order valence-electron chi connectivity index (χ0n) is 10.4. The number of amides is 1. The fourth-order valence-corrected chi connectivity index (χ4v) is 1.75. The van der Waals surface area contributed by atoms with E-state index in [-0.39, 0.29) is 11.1 Å². The molecular weight excluding hydrogens is 300 g/mol. The van der Waals surface area contributed by atoms with Crippen molar-refractivity contribution in [3.05, 3.63) is 33.8 Å². The Hall–Kier alpha value is -1.40. The van der Waals surface area contributed by atoms with Gasteiger partial charge in [0.1, 0.15) is 5.60 Å². The zero-order valence-corrected chi connectivity index (χ0v) is 12.0. The van der Waals surface area contributed by atoms with Crippen LogP contribution in [0, 0.1) is 0 Å². The molecule has 0 saturated carbocycles. The van der Waals surface area contributed by atoms with Crippen LogP contribution >= 0.6 is 15.9 Å². The Morgan fingerprint density at radius 2 is 1.78 bits per heavy atom. The molecule has 0 unspecified atom stereocenters. The number of halogens is 1. The molecule has 18 heavy (non-hydrogen) atoms. The summed E-state index contributed by atoms with van der Waals surface area (Å²) in [6.45, 7) is 5.32. The van der Waals surface area contributed by atoms with Crippen LogP contribution in [-0.2, 0) is 4.74 Å². The molecule has 6 heteroatoms. The largest absolute Gasteiger partial charge is 0.456 e. The van der Waals surface area contributed by atoms with Crippen molar-refractivity contribution in [3.8, 4) is 0 Å². The monoisotopic (exact) mass is 314 g/mol. The second-order valence-corrected chi connectivity index (χ2v) is 5.62. The number of nitrogen functional groups attached to an aromatic ring is 1. The number of ether oxygens (including phenoxy) is 1. The van der Waals surface area contributed by atoms with Crippen LogP contribution in [-0.4, -0.2) is 17.5 Å². The quantitative estimate of drug-likeness (QED) is 0.378. The molecule has 0 bridgehead atoms. The molecule has 0 spiro atoms. The first-order valence-corrected chi connectivity index (χ1v) is 6.07. The van der Waals surface area contributed by atoms with E-state index in [2.05, 4.69) is 15.9 Å². The molecule has 0 aliphatic carbocycles. The lowest BCUT2D eigenvalue weighted by Gasteiger charge is -2.19. The third kappa shape index (κ3) is 4.12. The van der Waals surface area contributed by atoms with Crippen molar-refractivity contribution < 1.29 is 14.3 Å². The van der Waals surface area contributed by atoms with Gasteiger partial charge in [0, 0.05) is 10.0 Å². The lowest BCUT2D eigenvalue weighted by atomic mass is 10.1. The second-order valence-electron chi connectivity index (χ2n) is 4.70. The van der Waals surface area contributed by atoms with E-state index >= 15 is 0 Å². The van der Waals surface area contributed by atoms with Crippen LogP contribution in [0.25, 0.3) is 0 Å². The van der Waals surface area contributed by atoms with E-state index < -0.39 is 17.5 Å². The molecule has 0 saturated heterocycles. The normalized spacial score (nSPS) is 10.9. The minimum Gasteiger partial charge on any atom is -0.456 e. The van der Waals surface area contributed by atoms with E-state index in [0.717, 1.165) is 0 Å². The van der Waals surface area contributed by atoms with Crippen molar-refractivity contribution in [2.24, 2.45) is 5.84 Å². The molecule has 0 radical (unpaired) electrons. The van der Waals surface area contributed by atoms with Crippen molar-refractivity contribution in [2.45, 2.75) is 26.4 Å². The summed E-state index contributed by atoms with van der Waals surface area (Å²) in [7, 11) is 0. The molecule has 0 aliphatic rings. The molecule has 0 aromatic heterocycles. The molecule has 0 heterocycles. The molecule has 98 valence electrons. The third-order valence-electron chi connectivity index (χ3n) is 1.93. The SMILES string of the molecule is CC(C)(C)OC(=O)c1cc(Br)cc(C(=O)NN)c1. The van der Waals surface area contributed by atoms with Gasteiger partial charge in [-0.05, 0) is 39.0 Å². The molecule has 1 aromatic rings. The zero-order chi connectivity index (χ0) is 13.9. The van der Waals surface area contributed by atoms with Crippen molar-refractivity contribution >= 4 is 27.8 Å². The molecule has 0 atom stereocenters. The summed E-state index contributed by atoms with van der Waals surface area (Å²) >= 11 is 3.23. The van der Waals surface area contributed by atoms with Gasteiger partial charge >= 0.3 is 5.97 Å². The molecule has 0 fully saturated rings. The number of hydrazine groups is 1. The van der Waals surface area contributed by atoms with Crippen LogP contribution in [0.3, 0.4) is 0 Å². The van der Waals surface area contributed by atoms with Crippen LogP contribution in [0.5, 0.6) is 0 Å². The predicted octanol–water partition coefficient (Wildman–Crippen LogP) is 2.01. The molecule has 1 amide bonds. The number of carbonyl (C=O) groups is 2. The third-order valence-corrected chi connectivity index (χ3v) is 2.38. The maximum atomic E-state index is 11.9. The standard InChI is InChI=1S/C12H15BrN2O3/c1-12(2,3)18-11(17)8-4-7(10(16)15-14)5-9(13)6-8/h4-6H,14H2,1-3H3,(H,15,16). The van der Waals surface area contributed by atoms with Gasteiger partial charge in [0.2, 0.25) is 0 Å². The number of hydrogen-bond donors (Lipinski definition) is 2. The summed E-state index contributed by atoms with van der Waals surface area (Å²) in [6, 6.07) is 4.58. The van der Waals surface area contributed by atoms with Crippen molar-refractivity contribution in [1.29, 1.82) is 0 Å². The van der Waals surface area contributed by atoms with Gasteiger partial charge in [-0.3, -0.25) is 10.2 Å². The molecule has 0 aliphatic heterocycles. The Morgan fingerprint density at radius 1 is 1.22 bits per heavy atom. The van der Waals surface area contributed by atoms with Gasteiger partial charge in [-0.15, -0.1) is 0 Å². The lowest BCUT2D eigenvalue weighted by Crippen LogP contribution is -2.30. The number of hydrogen-bond acceptors (Lipinski definition) is 4. The molecular formula is C12H15BrN2O3. The minimum absolute atomic E-state index is 0.285. The lowest BCUT2D eigenvalue weighted by molar-refractivity contribution is 0.00694. The van der Waals surface area contributed by atoms with Crippen molar-refractivity contribution in [3.63, 3.8) is 0 Å². The smallest absolute Gasteiger partial charge is 0.338 e. The average Bonchev–Trinajstić information content (AvgIpc) is 2.24. The highest BCUT2D eigenvalue weighted by Gasteiger charge is 2.19. The van der Waals surface area contributed by atoms with Gasteiger partial charge in [0.15, 0.2) is 0 Å². The van der Waals surface area contributed by atoms with Gasteiger partial charge in [-0.25, -0.2) is 10.6 Å². The first-order valence-electron chi connectivity index (χ1n) is 5.28. The Labute approximate surface area is 114 Å². The Kier molecular flexibility index (Phi) is 4.48. The first-order chi connectivity index (χ1) is 8.23. The Balaban J connectivity index is 3.06. The number of benzene rings is 1. The van der Waals surface area contributed by atoms with E-state index in [4.69, 9.17) is 10.6 Å². The van der Waals surface area contributed by atoms with Crippen LogP contribution in [0.15, 0.2) is 22.7 Å². The summed E-state index contributed by atoms with van der Waals surface area (Å²) in [6.07, 6.45) is 0. The van der Waals surface area contributed by atoms with Crippen LogP contribution in [0.1, 0.15) is 41.5 Å². The summed E-state index contributed by atoms with van der Waals surface area (Å²) < 4.78 is 5.83. The fourth-order valence-electron chi connectivity index (χ4n) is 1.26. The molecule has 5 nitrogen and oxygen atoms in total. The van der Waals surface area contributed by atoms with E-state index in [9.17, 15) is 9.59 Å². The number of carbonyl (C=O) groups excluding carboxylic acids is 2. The Bertz CT molecular complexity index is 481. The topological polar surface area (TPSA) is 81.4 Å². The van der Waals surface area contributed by atoms with E-state index in [1.807, 2.05) is 5.43 Å². The Morgan fingerprint density at radius 3 is 2.28 bits per heavy atom. The van der Waals surface area contributed by atoms with E-state index in [1.54, 1.807) is 32.9 Å². The summed E-state index contributed by atoms with van der Waals surface area (Å²) in [5.74, 6) is 4.09. The highest BCUT2D eigenvalue weighted by molar-refractivity contribution is 9.10. The van der Waals surface area contributed by atoms with E-state index in [1.165, 1.54) is 6.07 Å². The number of nitrogens with two attached hydrogens (primary N) is 1. The summed E-state index contributed by atoms with van der Waals surface area (Å²) in [4.78, 5) is 23.3. The molecule has 1 rings (SSSR count). The number of esters is 1. The highest BCUT2D eigenvalue weighted by atomic mass is 79.9. The molecule has 3 N–H and O–H groups in total. The fraction of sp³-hybridized carbons (Fsp3) is 0.333. The summed E-state index contributed by atoms with van der Waals surface area (Å²) in [5.41, 5.74) is 2.00.